The highest BCUT2D eigenvalue weighted by molar-refractivity contribution is 7.84. The van der Waals surface area contributed by atoms with Gasteiger partial charge in [-0.1, -0.05) is 5.16 Å². The van der Waals surface area contributed by atoms with Gasteiger partial charge in [0.25, 0.3) is 11.8 Å². The van der Waals surface area contributed by atoms with E-state index in [0.29, 0.717) is 0 Å². The number of carbonyl (C=O) groups is 3. The summed E-state index contributed by atoms with van der Waals surface area (Å²) in [4.78, 5) is 43.8. The van der Waals surface area contributed by atoms with Crippen molar-refractivity contribution in [1.29, 1.82) is 0 Å². The number of nitrogens with zero attached hydrogens (tertiary/aromatic N) is 3. The molecule has 0 aliphatic carbocycles. The van der Waals surface area contributed by atoms with Gasteiger partial charge < -0.3 is 21.2 Å². The van der Waals surface area contributed by atoms with Crippen molar-refractivity contribution in [2.24, 2.45) is 5.16 Å². The van der Waals surface area contributed by atoms with Gasteiger partial charge in [0, 0.05) is 11.9 Å². The molecule has 3 amide bonds. The largest absolute Gasteiger partial charge is 0.471 e. The van der Waals surface area contributed by atoms with Crippen LogP contribution in [-0.2, 0) is 29.5 Å². The third-order valence-electron chi connectivity index (χ3n) is 3.60. The minimum absolute atomic E-state index is 0.0582. The SMILES string of the molecule is CO/N=C(\C(=O)NC1C(=O)N(S(=O)(=O)O)C1CNC(=O)C(F)(F)F)c1csc(N)n1. The number of rotatable bonds is 7. The zero-order valence-corrected chi connectivity index (χ0v) is 16.3. The fraction of sp³-hybridized carbons (Fsp3) is 0.417. The molecule has 0 spiro atoms. The first-order valence-corrected chi connectivity index (χ1v) is 9.84. The van der Waals surface area contributed by atoms with Crippen LogP contribution in [0.25, 0.3) is 0 Å². The van der Waals surface area contributed by atoms with E-state index in [1.807, 2.05) is 5.32 Å². The highest BCUT2D eigenvalue weighted by Crippen LogP contribution is 2.24. The number of hydrogen-bond donors (Lipinski definition) is 4. The van der Waals surface area contributed by atoms with E-state index in [4.69, 9.17) is 10.3 Å². The first kappa shape index (κ1) is 23.3. The molecule has 1 fully saturated rings. The Kier molecular flexibility index (Phi) is 6.52. The summed E-state index contributed by atoms with van der Waals surface area (Å²) in [5, 5.41) is 8.23. The van der Waals surface area contributed by atoms with Crippen LogP contribution in [0.1, 0.15) is 5.69 Å². The third-order valence-corrected chi connectivity index (χ3v) is 5.22. The van der Waals surface area contributed by atoms with Crippen LogP contribution in [0.15, 0.2) is 10.5 Å². The minimum Gasteiger partial charge on any atom is -0.398 e. The van der Waals surface area contributed by atoms with E-state index >= 15 is 0 Å². The van der Waals surface area contributed by atoms with Crippen molar-refractivity contribution in [3.05, 3.63) is 11.1 Å². The van der Waals surface area contributed by atoms with Crippen molar-refractivity contribution >= 4 is 50.2 Å². The number of halogens is 3. The number of aromatic nitrogens is 1. The van der Waals surface area contributed by atoms with E-state index in [9.17, 15) is 36.0 Å². The van der Waals surface area contributed by atoms with Crippen LogP contribution < -0.4 is 16.4 Å². The maximum atomic E-state index is 12.4. The zero-order chi connectivity index (χ0) is 22.9. The molecular weight excluding hydrogens is 461 g/mol. The van der Waals surface area contributed by atoms with Gasteiger partial charge in [-0.15, -0.1) is 11.3 Å². The molecule has 0 saturated carbocycles. The molecule has 5 N–H and O–H groups in total. The second kappa shape index (κ2) is 8.40. The number of β-lactam (4-membered cyclic amide) rings is 1. The Hall–Kier alpha value is -2.99. The summed E-state index contributed by atoms with van der Waals surface area (Å²) >= 11 is 0.942. The molecule has 13 nitrogen and oxygen atoms in total. The van der Waals surface area contributed by atoms with Gasteiger partial charge in [-0.05, 0) is 0 Å². The van der Waals surface area contributed by atoms with Crippen LogP contribution in [0.5, 0.6) is 0 Å². The Morgan fingerprint density at radius 2 is 2.10 bits per heavy atom. The molecule has 2 rings (SSSR count). The third kappa shape index (κ3) is 4.94. The number of anilines is 1. The fourth-order valence-electron chi connectivity index (χ4n) is 2.36. The number of nitrogen functional groups attached to an aromatic ring is 1. The minimum atomic E-state index is -5.28. The number of amides is 3. The second-order valence-electron chi connectivity index (χ2n) is 5.53. The maximum absolute atomic E-state index is 12.4. The Bertz CT molecular complexity index is 993. The number of carbonyl (C=O) groups excluding carboxylic acids is 3. The highest BCUT2D eigenvalue weighted by Gasteiger charge is 2.54. The number of nitrogens with one attached hydrogen (secondary N) is 2. The van der Waals surface area contributed by atoms with E-state index in [1.165, 1.54) is 10.7 Å². The van der Waals surface area contributed by atoms with Crippen LogP contribution >= 0.6 is 11.3 Å². The van der Waals surface area contributed by atoms with Crippen molar-refractivity contribution in [3.8, 4) is 0 Å². The van der Waals surface area contributed by atoms with Crippen molar-refractivity contribution in [1.82, 2.24) is 19.9 Å². The van der Waals surface area contributed by atoms with E-state index in [1.54, 1.807) is 0 Å². The van der Waals surface area contributed by atoms with Crippen LogP contribution in [0.3, 0.4) is 0 Å². The van der Waals surface area contributed by atoms with Gasteiger partial charge in [0.05, 0.1) is 6.04 Å². The monoisotopic (exact) mass is 474 g/mol. The van der Waals surface area contributed by atoms with E-state index < -0.39 is 58.5 Å². The summed E-state index contributed by atoms with van der Waals surface area (Å²) in [6.07, 6.45) is -5.28. The quantitative estimate of drug-likeness (QED) is 0.153. The van der Waals surface area contributed by atoms with Crippen LogP contribution in [0, 0.1) is 0 Å². The lowest BCUT2D eigenvalue weighted by Gasteiger charge is -2.44. The predicted molar refractivity (Wildman–Crippen MR) is 93.3 cm³/mol. The van der Waals surface area contributed by atoms with Gasteiger partial charge in [-0.2, -0.15) is 21.6 Å². The zero-order valence-electron chi connectivity index (χ0n) is 14.7. The molecule has 0 aromatic carbocycles. The molecule has 2 heterocycles. The van der Waals surface area contributed by atoms with Crippen LogP contribution in [-0.4, -0.2) is 77.6 Å². The lowest BCUT2D eigenvalue weighted by molar-refractivity contribution is -0.174. The normalized spacial score (nSPS) is 19.8. The van der Waals surface area contributed by atoms with Crippen molar-refractivity contribution < 1.29 is 45.4 Å². The molecule has 0 bridgehead atoms. The number of nitrogens with two attached hydrogens (primary N) is 1. The summed E-state index contributed by atoms with van der Waals surface area (Å²) in [6, 6.07) is -3.46. The van der Waals surface area contributed by atoms with Gasteiger partial charge >= 0.3 is 22.4 Å². The average Bonchev–Trinajstić information content (AvgIpc) is 3.04. The van der Waals surface area contributed by atoms with Gasteiger partial charge in [0.1, 0.15) is 18.8 Å². The summed E-state index contributed by atoms with van der Waals surface area (Å²) in [5.41, 5.74) is 4.93. The molecule has 30 heavy (non-hydrogen) atoms. The molecule has 2 atom stereocenters. The topological polar surface area (TPSA) is 193 Å². The molecule has 1 aliphatic heterocycles. The van der Waals surface area contributed by atoms with Crippen molar-refractivity contribution in [3.63, 3.8) is 0 Å². The van der Waals surface area contributed by atoms with E-state index in [2.05, 4.69) is 15.0 Å². The van der Waals surface area contributed by atoms with Crippen LogP contribution in [0.4, 0.5) is 18.3 Å². The number of alkyl halides is 3. The second-order valence-corrected chi connectivity index (χ2v) is 7.71. The number of oxime groups is 1. The molecule has 0 radical (unpaired) electrons. The van der Waals surface area contributed by atoms with Gasteiger partial charge in [-0.3, -0.25) is 18.9 Å². The average molecular weight is 474 g/mol. The van der Waals surface area contributed by atoms with E-state index in [-0.39, 0.29) is 15.1 Å². The lowest BCUT2D eigenvalue weighted by Crippen LogP contribution is -2.74. The summed E-state index contributed by atoms with van der Waals surface area (Å²) in [6.45, 7) is -1.05. The predicted octanol–water partition coefficient (Wildman–Crippen LogP) is -1.75. The molecule has 166 valence electrons. The summed E-state index contributed by atoms with van der Waals surface area (Å²) < 4.78 is 68.6. The Balaban J connectivity index is 2.22. The Morgan fingerprint density at radius 1 is 1.47 bits per heavy atom. The van der Waals surface area contributed by atoms with Gasteiger partial charge in [0.15, 0.2) is 10.8 Å². The molecule has 1 aliphatic rings. The van der Waals surface area contributed by atoms with E-state index in [0.717, 1.165) is 18.4 Å². The highest BCUT2D eigenvalue weighted by atomic mass is 32.2. The molecule has 1 saturated heterocycles. The standard InChI is InChI=1S/C12H13F3N6O7S2/c1-28-20-6(4-3-29-11(16)18-4)8(22)19-7-5(2-17-10(24)12(13,14)15)21(9(7)23)30(25,26)27/h3,5,7H,2H2,1H3,(H2,16,18)(H,17,24)(H,19,22)(H,25,26,27)/b20-6-. The van der Waals surface area contributed by atoms with Crippen LogP contribution in [0.2, 0.25) is 0 Å². The van der Waals surface area contributed by atoms with Gasteiger partial charge in [0.2, 0.25) is 0 Å². The summed E-state index contributed by atoms with van der Waals surface area (Å²) in [7, 11) is -4.09. The molecular formula is C12H13F3N6O7S2. The number of thiazole rings is 1. The van der Waals surface area contributed by atoms with Crippen molar-refractivity contribution in [2.75, 3.05) is 19.4 Å². The lowest BCUT2D eigenvalue weighted by atomic mass is 9.98. The Labute approximate surface area is 169 Å². The van der Waals surface area contributed by atoms with Gasteiger partial charge in [-0.25, -0.2) is 9.29 Å². The maximum Gasteiger partial charge on any atom is 0.471 e. The molecule has 18 heteroatoms. The first-order chi connectivity index (χ1) is 13.8. The Morgan fingerprint density at radius 3 is 2.57 bits per heavy atom. The number of hydrogen-bond acceptors (Lipinski definition) is 10. The smallest absolute Gasteiger partial charge is 0.398 e. The van der Waals surface area contributed by atoms with Crippen molar-refractivity contribution in [2.45, 2.75) is 18.3 Å². The fourth-order valence-corrected chi connectivity index (χ4v) is 3.79. The first-order valence-electron chi connectivity index (χ1n) is 7.56. The molecule has 1 aromatic heterocycles. The molecule has 1 aromatic rings. The summed E-state index contributed by atoms with van der Waals surface area (Å²) in [5.74, 6) is -4.88. The molecule has 2 unspecified atom stereocenters.